The van der Waals surface area contributed by atoms with Crippen LogP contribution in [-0.2, 0) is 22.6 Å². The minimum absolute atomic E-state index is 0.00716. The summed E-state index contributed by atoms with van der Waals surface area (Å²) in [4.78, 5) is 24.3. The van der Waals surface area contributed by atoms with E-state index in [4.69, 9.17) is 9.47 Å². The Kier molecular flexibility index (Phi) is 4.48. The number of nitrogens with one attached hydrogen (secondary N) is 2. The van der Waals surface area contributed by atoms with Gasteiger partial charge in [0.15, 0.2) is 11.5 Å². The van der Waals surface area contributed by atoms with Gasteiger partial charge in [-0.15, -0.1) is 0 Å². The minimum Gasteiger partial charge on any atom is -0.454 e. The van der Waals surface area contributed by atoms with E-state index in [1.54, 1.807) is 0 Å². The molecule has 6 heteroatoms. The Hall–Kier alpha value is -3.02. The lowest BCUT2D eigenvalue weighted by molar-refractivity contribution is -0.122. The maximum absolute atomic E-state index is 12.2. The molecule has 0 fully saturated rings. The molecule has 1 atom stereocenters. The van der Waals surface area contributed by atoms with Crippen LogP contribution in [0.2, 0.25) is 0 Å². The van der Waals surface area contributed by atoms with Crippen molar-refractivity contribution in [2.24, 2.45) is 5.92 Å². The van der Waals surface area contributed by atoms with Gasteiger partial charge in [0.25, 0.3) is 0 Å². The third kappa shape index (κ3) is 3.49. The first kappa shape index (κ1) is 16.4. The zero-order chi connectivity index (χ0) is 17.9. The van der Waals surface area contributed by atoms with Crippen molar-refractivity contribution in [1.29, 1.82) is 0 Å². The highest BCUT2D eigenvalue weighted by atomic mass is 16.7. The first-order valence-corrected chi connectivity index (χ1v) is 8.73. The van der Waals surface area contributed by atoms with Gasteiger partial charge < -0.3 is 20.1 Å². The van der Waals surface area contributed by atoms with Gasteiger partial charge in [-0.05, 0) is 42.2 Å². The summed E-state index contributed by atoms with van der Waals surface area (Å²) in [5.41, 5.74) is 2.95. The fourth-order valence-corrected chi connectivity index (χ4v) is 3.29. The normalized spacial score (nSPS) is 17.4. The standard InChI is InChI=1S/C20H20N2O4/c23-19(21-11-13-5-7-17-18(9-13)26-12-25-17)8-6-15-10-14-3-1-2-4-16(14)22-20(15)24/h1-5,7,9,15H,6,8,10-12H2,(H,21,23)(H,22,24)/t15-/m0/s1. The second kappa shape index (κ2) is 7.07. The van der Waals surface area contributed by atoms with Crippen LogP contribution in [0.3, 0.4) is 0 Å². The van der Waals surface area contributed by atoms with E-state index in [9.17, 15) is 9.59 Å². The van der Waals surface area contributed by atoms with Gasteiger partial charge in [0.05, 0.1) is 0 Å². The number of rotatable bonds is 5. The average Bonchev–Trinajstić information content (AvgIpc) is 3.12. The molecule has 4 rings (SSSR count). The van der Waals surface area contributed by atoms with Crippen LogP contribution in [-0.4, -0.2) is 18.6 Å². The number of carbonyl (C=O) groups is 2. The Morgan fingerprint density at radius 3 is 2.92 bits per heavy atom. The van der Waals surface area contributed by atoms with Crippen molar-refractivity contribution >= 4 is 17.5 Å². The molecule has 0 aliphatic carbocycles. The van der Waals surface area contributed by atoms with E-state index in [0.717, 1.165) is 22.6 Å². The van der Waals surface area contributed by atoms with E-state index in [2.05, 4.69) is 10.6 Å². The molecule has 0 spiro atoms. The molecular formula is C20H20N2O4. The molecule has 0 radical (unpaired) electrons. The molecule has 2 amide bonds. The minimum atomic E-state index is -0.166. The van der Waals surface area contributed by atoms with Gasteiger partial charge in [0.1, 0.15) is 0 Å². The van der Waals surface area contributed by atoms with Crippen LogP contribution in [0.15, 0.2) is 42.5 Å². The van der Waals surface area contributed by atoms with Crippen LogP contribution in [0.1, 0.15) is 24.0 Å². The predicted molar refractivity (Wildman–Crippen MR) is 95.9 cm³/mol. The van der Waals surface area contributed by atoms with Gasteiger partial charge in [-0.3, -0.25) is 9.59 Å². The SMILES string of the molecule is O=C(CC[C@H]1Cc2ccccc2NC1=O)NCc1ccc2c(c1)OCO2. The number of fused-ring (bicyclic) bond motifs is 2. The summed E-state index contributed by atoms with van der Waals surface area (Å²) >= 11 is 0. The van der Waals surface area contributed by atoms with E-state index in [1.165, 1.54) is 0 Å². The number of carbonyl (C=O) groups excluding carboxylic acids is 2. The smallest absolute Gasteiger partial charge is 0.231 e. The van der Waals surface area contributed by atoms with Crippen LogP contribution in [0.4, 0.5) is 5.69 Å². The summed E-state index contributed by atoms with van der Waals surface area (Å²) in [5.74, 6) is 1.20. The highest BCUT2D eigenvalue weighted by Crippen LogP contribution is 2.32. The van der Waals surface area contributed by atoms with E-state index in [-0.39, 0.29) is 24.5 Å². The summed E-state index contributed by atoms with van der Waals surface area (Å²) in [7, 11) is 0. The molecule has 0 saturated carbocycles. The van der Waals surface area contributed by atoms with E-state index in [1.807, 2.05) is 42.5 Å². The number of anilines is 1. The number of ether oxygens (including phenoxy) is 2. The molecule has 0 unspecified atom stereocenters. The van der Waals surface area contributed by atoms with Gasteiger partial charge in [0, 0.05) is 24.6 Å². The Morgan fingerprint density at radius 2 is 2.00 bits per heavy atom. The summed E-state index contributed by atoms with van der Waals surface area (Å²) in [6.45, 7) is 0.660. The molecule has 2 aromatic rings. The molecule has 26 heavy (non-hydrogen) atoms. The number of para-hydroxylation sites is 1. The second-order valence-electron chi connectivity index (χ2n) is 6.55. The maximum Gasteiger partial charge on any atom is 0.231 e. The summed E-state index contributed by atoms with van der Waals surface area (Å²) in [6.07, 6.45) is 1.54. The monoisotopic (exact) mass is 352 g/mol. The molecule has 0 saturated heterocycles. The van der Waals surface area contributed by atoms with Crippen LogP contribution >= 0.6 is 0 Å². The molecule has 6 nitrogen and oxygen atoms in total. The maximum atomic E-state index is 12.2. The molecule has 2 aliphatic heterocycles. The predicted octanol–water partition coefficient (Wildman–Crippen LogP) is 2.62. The first-order valence-electron chi connectivity index (χ1n) is 8.73. The van der Waals surface area contributed by atoms with Crippen molar-refractivity contribution in [3.8, 4) is 11.5 Å². The molecule has 2 N–H and O–H groups in total. The molecule has 0 aromatic heterocycles. The Bertz CT molecular complexity index is 849. The summed E-state index contributed by atoms with van der Waals surface area (Å²) < 4.78 is 10.6. The fourth-order valence-electron chi connectivity index (χ4n) is 3.29. The zero-order valence-electron chi connectivity index (χ0n) is 14.3. The lowest BCUT2D eigenvalue weighted by Gasteiger charge is -2.24. The van der Waals surface area contributed by atoms with Crippen molar-refractivity contribution < 1.29 is 19.1 Å². The number of hydrogen-bond acceptors (Lipinski definition) is 4. The lowest BCUT2D eigenvalue weighted by atomic mass is 9.89. The molecule has 2 aromatic carbocycles. The van der Waals surface area contributed by atoms with Crippen LogP contribution in [0.5, 0.6) is 11.5 Å². The topological polar surface area (TPSA) is 76.7 Å². The highest BCUT2D eigenvalue weighted by molar-refractivity contribution is 5.96. The Balaban J connectivity index is 1.27. The molecule has 0 bridgehead atoms. The van der Waals surface area contributed by atoms with Crippen LogP contribution in [0.25, 0.3) is 0 Å². The molecule has 2 aliphatic rings. The third-order valence-corrected chi connectivity index (χ3v) is 4.76. The summed E-state index contributed by atoms with van der Waals surface area (Å²) in [5, 5.41) is 5.82. The van der Waals surface area contributed by atoms with Gasteiger partial charge in [-0.2, -0.15) is 0 Å². The highest BCUT2D eigenvalue weighted by Gasteiger charge is 2.26. The average molecular weight is 352 g/mol. The number of hydrogen-bond donors (Lipinski definition) is 2. The van der Waals surface area contributed by atoms with E-state index < -0.39 is 0 Å². The van der Waals surface area contributed by atoms with Crippen molar-refractivity contribution in [2.45, 2.75) is 25.8 Å². The number of amides is 2. The largest absolute Gasteiger partial charge is 0.454 e. The fraction of sp³-hybridized carbons (Fsp3) is 0.300. The Labute approximate surface area is 151 Å². The van der Waals surface area contributed by atoms with Gasteiger partial charge in [0.2, 0.25) is 18.6 Å². The van der Waals surface area contributed by atoms with E-state index >= 15 is 0 Å². The first-order chi connectivity index (χ1) is 12.7. The molecule has 134 valence electrons. The van der Waals surface area contributed by atoms with Gasteiger partial charge >= 0.3 is 0 Å². The Morgan fingerprint density at radius 1 is 1.15 bits per heavy atom. The zero-order valence-corrected chi connectivity index (χ0v) is 14.3. The van der Waals surface area contributed by atoms with Gasteiger partial charge in [-0.25, -0.2) is 0 Å². The molecule has 2 heterocycles. The number of benzene rings is 2. The van der Waals surface area contributed by atoms with Crippen molar-refractivity contribution in [3.05, 3.63) is 53.6 Å². The van der Waals surface area contributed by atoms with Crippen LogP contribution < -0.4 is 20.1 Å². The lowest BCUT2D eigenvalue weighted by Crippen LogP contribution is -2.31. The van der Waals surface area contributed by atoms with Crippen LogP contribution in [0, 0.1) is 5.92 Å². The van der Waals surface area contributed by atoms with Crippen molar-refractivity contribution in [1.82, 2.24) is 5.32 Å². The van der Waals surface area contributed by atoms with Gasteiger partial charge in [-0.1, -0.05) is 24.3 Å². The van der Waals surface area contributed by atoms with Crippen molar-refractivity contribution in [2.75, 3.05) is 12.1 Å². The second-order valence-corrected chi connectivity index (χ2v) is 6.55. The third-order valence-electron chi connectivity index (χ3n) is 4.76. The van der Waals surface area contributed by atoms with E-state index in [0.29, 0.717) is 31.6 Å². The quantitative estimate of drug-likeness (QED) is 0.867. The van der Waals surface area contributed by atoms with Crippen molar-refractivity contribution in [3.63, 3.8) is 0 Å². The molecular weight excluding hydrogens is 332 g/mol. The summed E-state index contributed by atoms with van der Waals surface area (Å²) in [6, 6.07) is 13.4.